The summed E-state index contributed by atoms with van der Waals surface area (Å²) in [4.78, 5) is 11.8. The van der Waals surface area contributed by atoms with Crippen LogP contribution in [-0.4, -0.2) is 40.6 Å². The van der Waals surface area contributed by atoms with E-state index in [1.54, 1.807) is 0 Å². The van der Waals surface area contributed by atoms with Crippen molar-refractivity contribution in [3.05, 3.63) is 53.3 Å². The number of hydrogen-bond donors (Lipinski definition) is 1. The Labute approximate surface area is 155 Å². The van der Waals surface area contributed by atoms with Gasteiger partial charge in [0.15, 0.2) is 0 Å². The van der Waals surface area contributed by atoms with Gasteiger partial charge in [0.05, 0.1) is 18.9 Å². The SMILES string of the molecule is CC1(C)CN(Cc2ccccc2)CCC1Nc1ncc2c(n1)CCOC2. The number of hydrogen-bond acceptors (Lipinski definition) is 5. The molecule has 1 aromatic heterocycles. The zero-order valence-corrected chi connectivity index (χ0v) is 15.7. The monoisotopic (exact) mass is 352 g/mol. The van der Waals surface area contributed by atoms with E-state index in [-0.39, 0.29) is 5.41 Å². The third kappa shape index (κ3) is 3.89. The number of fused-ring (bicyclic) bond motifs is 1. The summed E-state index contributed by atoms with van der Waals surface area (Å²) in [6, 6.07) is 11.1. The molecule has 0 amide bonds. The summed E-state index contributed by atoms with van der Waals surface area (Å²) in [6.07, 6.45) is 3.90. The average molecular weight is 352 g/mol. The number of likely N-dealkylation sites (tertiary alicyclic amines) is 1. The van der Waals surface area contributed by atoms with Crippen LogP contribution in [-0.2, 0) is 24.3 Å². The maximum atomic E-state index is 5.47. The fourth-order valence-electron chi connectivity index (χ4n) is 4.07. The number of anilines is 1. The van der Waals surface area contributed by atoms with Crippen molar-refractivity contribution < 1.29 is 4.74 Å². The predicted molar refractivity (Wildman–Crippen MR) is 103 cm³/mol. The minimum absolute atomic E-state index is 0.162. The first-order valence-electron chi connectivity index (χ1n) is 9.55. The molecule has 5 heteroatoms. The number of aromatic nitrogens is 2. The molecule has 0 saturated carbocycles. The van der Waals surface area contributed by atoms with Gasteiger partial charge < -0.3 is 10.1 Å². The van der Waals surface area contributed by atoms with Crippen LogP contribution >= 0.6 is 0 Å². The quantitative estimate of drug-likeness (QED) is 0.915. The van der Waals surface area contributed by atoms with Crippen LogP contribution in [0.1, 0.15) is 37.1 Å². The van der Waals surface area contributed by atoms with Gasteiger partial charge >= 0.3 is 0 Å². The molecule has 2 aliphatic rings. The van der Waals surface area contributed by atoms with Crippen LogP contribution in [0.2, 0.25) is 0 Å². The number of nitrogens with one attached hydrogen (secondary N) is 1. The lowest BCUT2D eigenvalue weighted by Gasteiger charge is -2.44. The van der Waals surface area contributed by atoms with E-state index in [0.29, 0.717) is 12.6 Å². The third-order valence-electron chi connectivity index (χ3n) is 5.56. The molecule has 1 fully saturated rings. The van der Waals surface area contributed by atoms with Crippen LogP contribution in [0.5, 0.6) is 0 Å². The summed E-state index contributed by atoms with van der Waals surface area (Å²) >= 11 is 0. The Morgan fingerprint density at radius 2 is 2.12 bits per heavy atom. The largest absolute Gasteiger partial charge is 0.376 e. The molecular weight excluding hydrogens is 324 g/mol. The molecule has 138 valence electrons. The second-order valence-electron chi connectivity index (χ2n) is 8.14. The smallest absolute Gasteiger partial charge is 0.223 e. The first-order valence-corrected chi connectivity index (χ1v) is 9.55. The van der Waals surface area contributed by atoms with Crippen LogP contribution in [0.25, 0.3) is 0 Å². The van der Waals surface area contributed by atoms with E-state index in [1.807, 2.05) is 6.20 Å². The van der Waals surface area contributed by atoms with E-state index in [9.17, 15) is 0 Å². The van der Waals surface area contributed by atoms with Gasteiger partial charge in [-0.15, -0.1) is 0 Å². The van der Waals surface area contributed by atoms with Crippen LogP contribution < -0.4 is 5.32 Å². The minimum atomic E-state index is 0.162. The van der Waals surface area contributed by atoms with Gasteiger partial charge in [-0.25, -0.2) is 9.97 Å². The molecule has 2 aromatic rings. The molecule has 0 spiro atoms. The Morgan fingerprint density at radius 3 is 2.92 bits per heavy atom. The Balaban J connectivity index is 1.40. The molecule has 4 rings (SSSR count). The van der Waals surface area contributed by atoms with Crippen molar-refractivity contribution in [1.82, 2.24) is 14.9 Å². The van der Waals surface area contributed by atoms with Crippen LogP contribution in [0, 0.1) is 5.41 Å². The lowest BCUT2D eigenvalue weighted by molar-refractivity contribution is 0.0972. The van der Waals surface area contributed by atoms with E-state index in [4.69, 9.17) is 9.72 Å². The molecule has 2 aliphatic heterocycles. The van der Waals surface area contributed by atoms with E-state index < -0.39 is 0 Å². The van der Waals surface area contributed by atoms with Gasteiger partial charge in [-0.1, -0.05) is 44.2 Å². The zero-order valence-electron chi connectivity index (χ0n) is 15.7. The number of nitrogens with zero attached hydrogens (tertiary/aromatic N) is 3. The van der Waals surface area contributed by atoms with E-state index >= 15 is 0 Å². The highest BCUT2D eigenvalue weighted by atomic mass is 16.5. The molecule has 1 aromatic carbocycles. The Hall–Kier alpha value is -1.98. The fourth-order valence-corrected chi connectivity index (χ4v) is 4.07. The van der Waals surface area contributed by atoms with Gasteiger partial charge in [-0.05, 0) is 17.4 Å². The van der Waals surface area contributed by atoms with Crippen LogP contribution in [0.3, 0.4) is 0 Å². The highest BCUT2D eigenvalue weighted by Crippen LogP contribution is 2.32. The Morgan fingerprint density at radius 1 is 1.27 bits per heavy atom. The fraction of sp³-hybridized carbons (Fsp3) is 0.524. The Bertz CT molecular complexity index is 747. The third-order valence-corrected chi connectivity index (χ3v) is 5.56. The summed E-state index contributed by atoms with van der Waals surface area (Å²) < 4.78 is 5.47. The predicted octanol–water partition coefficient (Wildman–Crippen LogP) is 3.26. The highest BCUT2D eigenvalue weighted by molar-refractivity contribution is 5.32. The number of benzene rings is 1. The summed E-state index contributed by atoms with van der Waals surface area (Å²) in [6.45, 7) is 9.26. The molecule has 1 saturated heterocycles. The van der Waals surface area contributed by atoms with Gasteiger partial charge in [-0.3, -0.25) is 4.90 Å². The molecule has 1 atom stereocenters. The van der Waals surface area contributed by atoms with Gasteiger partial charge in [-0.2, -0.15) is 0 Å². The summed E-state index contributed by atoms with van der Waals surface area (Å²) in [5, 5.41) is 3.62. The molecule has 5 nitrogen and oxygen atoms in total. The van der Waals surface area contributed by atoms with Gasteiger partial charge in [0.25, 0.3) is 0 Å². The van der Waals surface area contributed by atoms with Crippen molar-refractivity contribution in [1.29, 1.82) is 0 Å². The van der Waals surface area contributed by atoms with Crippen molar-refractivity contribution in [2.75, 3.05) is 25.0 Å². The van der Waals surface area contributed by atoms with Crippen molar-refractivity contribution in [2.45, 2.75) is 45.9 Å². The Kier molecular flexibility index (Phi) is 4.92. The number of ether oxygens (including phenoxy) is 1. The number of piperidine rings is 1. The van der Waals surface area contributed by atoms with E-state index in [0.717, 1.165) is 56.3 Å². The maximum Gasteiger partial charge on any atom is 0.223 e. The molecule has 0 bridgehead atoms. The standard InChI is InChI=1S/C21H28N4O/c1-21(2)15-25(13-16-6-4-3-5-7-16)10-8-19(21)24-20-22-12-17-14-26-11-9-18(17)23-20/h3-7,12,19H,8-11,13-15H2,1-2H3,(H,22,23,24). The molecule has 1 N–H and O–H groups in total. The molecule has 0 radical (unpaired) electrons. The van der Waals surface area contributed by atoms with Gasteiger partial charge in [0, 0.05) is 43.9 Å². The topological polar surface area (TPSA) is 50.3 Å². The molecule has 3 heterocycles. The number of rotatable bonds is 4. The van der Waals surface area contributed by atoms with Crippen molar-refractivity contribution in [3.8, 4) is 0 Å². The molecule has 26 heavy (non-hydrogen) atoms. The lowest BCUT2D eigenvalue weighted by Crippen LogP contribution is -2.51. The van der Waals surface area contributed by atoms with Crippen LogP contribution in [0.4, 0.5) is 5.95 Å². The zero-order chi connectivity index (χ0) is 18.0. The van der Waals surface area contributed by atoms with Gasteiger partial charge in [0.2, 0.25) is 5.95 Å². The average Bonchev–Trinajstić information content (AvgIpc) is 2.64. The molecule has 1 unspecified atom stereocenters. The normalized spacial score (nSPS) is 22.6. The van der Waals surface area contributed by atoms with Crippen molar-refractivity contribution in [2.24, 2.45) is 5.41 Å². The summed E-state index contributed by atoms with van der Waals surface area (Å²) in [5.74, 6) is 0.764. The van der Waals surface area contributed by atoms with Gasteiger partial charge in [0.1, 0.15) is 0 Å². The molecule has 0 aliphatic carbocycles. The lowest BCUT2D eigenvalue weighted by atomic mass is 9.79. The van der Waals surface area contributed by atoms with Crippen molar-refractivity contribution in [3.63, 3.8) is 0 Å². The maximum absolute atomic E-state index is 5.47. The first-order chi connectivity index (χ1) is 12.6. The second-order valence-corrected chi connectivity index (χ2v) is 8.14. The second kappa shape index (κ2) is 7.33. The minimum Gasteiger partial charge on any atom is -0.376 e. The summed E-state index contributed by atoms with van der Waals surface area (Å²) in [5.41, 5.74) is 3.80. The van der Waals surface area contributed by atoms with E-state index in [1.165, 1.54) is 5.56 Å². The first kappa shape index (κ1) is 17.4. The summed E-state index contributed by atoms with van der Waals surface area (Å²) in [7, 11) is 0. The van der Waals surface area contributed by atoms with Crippen LogP contribution in [0.15, 0.2) is 36.5 Å². The molecular formula is C21H28N4O. The van der Waals surface area contributed by atoms with E-state index in [2.05, 4.69) is 59.4 Å². The van der Waals surface area contributed by atoms with Crippen molar-refractivity contribution >= 4 is 5.95 Å². The highest BCUT2D eigenvalue weighted by Gasteiger charge is 2.36.